The maximum absolute atomic E-state index is 6.25. The SMILES string of the molecule is Cl.Clc1cccc(Cl)c1CSc1ccccc1C1N=CCCN1. The molecule has 122 valence electrons. The highest BCUT2D eigenvalue weighted by atomic mass is 35.5. The Labute approximate surface area is 157 Å². The minimum Gasteiger partial charge on any atom is -0.292 e. The van der Waals surface area contributed by atoms with Crippen LogP contribution < -0.4 is 5.32 Å². The van der Waals surface area contributed by atoms with Crippen molar-refractivity contribution in [2.75, 3.05) is 6.54 Å². The number of hydrogen-bond donors (Lipinski definition) is 1. The molecule has 0 aromatic heterocycles. The molecular weight excluding hydrogens is 371 g/mol. The molecule has 0 saturated carbocycles. The number of aliphatic imine (C=N–C) groups is 1. The van der Waals surface area contributed by atoms with Crippen LogP contribution in [-0.4, -0.2) is 12.8 Å². The summed E-state index contributed by atoms with van der Waals surface area (Å²) in [5, 5.41) is 4.86. The number of benzene rings is 2. The van der Waals surface area contributed by atoms with E-state index in [4.69, 9.17) is 23.2 Å². The molecule has 0 radical (unpaired) electrons. The molecule has 0 spiro atoms. The molecule has 1 aliphatic rings. The third kappa shape index (κ3) is 4.65. The minimum atomic E-state index is 0. The van der Waals surface area contributed by atoms with Crippen molar-refractivity contribution in [1.82, 2.24) is 5.32 Å². The molecule has 23 heavy (non-hydrogen) atoms. The molecule has 1 atom stereocenters. The Morgan fingerprint density at radius 3 is 2.52 bits per heavy atom. The van der Waals surface area contributed by atoms with Gasteiger partial charge in [0, 0.05) is 39.0 Å². The first-order valence-corrected chi connectivity index (χ1v) is 8.89. The fourth-order valence-corrected chi connectivity index (χ4v) is 4.19. The molecule has 1 N–H and O–H groups in total. The van der Waals surface area contributed by atoms with E-state index in [1.807, 2.05) is 36.5 Å². The Morgan fingerprint density at radius 2 is 1.83 bits per heavy atom. The molecule has 2 nitrogen and oxygen atoms in total. The molecule has 0 aliphatic carbocycles. The average Bonchev–Trinajstić information content (AvgIpc) is 2.56. The smallest absolute Gasteiger partial charge is 0.126 e. The standard InChI is InChI=1S/C17H16Cl2N2S.ClH/c18-14-6-3-7-15(19)13(14)11-22-16-8-2-1-5-12(16)17-20-9-4-10-21-17;/h1-3,5-9,17,21H,4,10-11H2;1H. The first-order chi connectivity index (χ1) is 10.8. The first kappa shape index (κ1) is 18.6. The van der Waals surface area contributed by atoms with E-state index in [2.05, 4.69) is 22.4 Å². The van der Waals surface area contributed by atoms with E-state index in [1.54, 1.807) is 11.8 Å². The van der Waals surface area contributed by atoms with Gasteiger partial charge in [0.2, 0.25) is 0 Å². The van der Waals surface area contributed by atoms with Crippen molar-refractivity contribution in [3.63, 3.8) is 0 Å². The Bertz CT molecular complexity index is 671. The quantitative estimate of drug-likeness (QED) is 0.673. The molecule has 0 fully saturated rings. The third-order valence-corrected chi connectivity index (χ3v) is 5.34. The lowest BCUT2D eigenvalue weighted by molar-refractivity contribution is 0.540. The Morgan fingerprint density at radius 1 is 1.09 bits per heavy atom. The minimum absolute atomic E-state index is 0. The highest BCUT2D eigenvalue weighted by Crippen LogP contribution is 2.35. The van der Waals surface area contributed by atoms with Crippen LogP contribution >= 0.6 is 47.4 Å². The second-order valence-electron chi connectivity index (χ2n) is 5.00. The zero-order chi connectivity index (χ0) is 15.4. The van der Waals surface area contributed by atoms with Crippen molar-refractivity contribution >= 4 is 53.6 Å². The lowest BCUT2D eigenvalue weighted by Crippen LogP contribution is -2.25. The van der Waals surface area contributed by atoms with E-state index in [-0.39, 0.29) is 18.6 Å². The van der Waals surface area contributed by atoms with E-state index >= 15 is 0 Å². The van der Waals surface area contributed by atoms with Crippen LogP contribution in [0, 0.1) is 0 Å². The number of hydrogen-bond acceptors (Lipinski definition) is 3. The highest BCUT2D eigenvalue weighted by Gasteiger charge is 2.16. The van der Waals surface area contributed by atoms with Gasteiger partial charge in [-0.2, -0.15) is 0 Å². The molecular formula is C17H17Cl3N2S. The Balaban J connectivity index is 0.00000192. The van der Waals surface area contributed by atoms with E-state index in [0.717, 1.165) is 24.3 Å². The molecule has 0 amide bonds. The lowest BCUT2D eigenvalue weighted by Gasteiger charge is -2.20. The Hall–Kier alpha value is -0.710. The van der Waals surface area contributed by atoms with Gasteiger partial charge in [-0.1, -0.05) is 47.5 Å². The fourth-order valence-electron chi connectivity index (χ4n) is 2.37. The van der Waals surface area contributed by atoms with Crippen molar-refractivity contribution in [2.45, 2.75) is 23.2 Å². The second kappa shape index (κ2) is 8.95. The predicted molar refractivity (Wildman–Crippen MR) is 104 cm³/mol. The molecule has 0 saturated heterocycles. The lowest BCUT2D eigenvalue weighted by atomic mass is 10.1. The number of rotatable bonds is 4. The van der Waals surface area contributed by atoms with Crippen molar-refractivity contribution < 1.29 is 0 Å². The summed E-state index contributed by atoms with van der Waals surface area (Å²) in [5.74, 6) is 0.742. The summed E-state index contributed by atoms with van der Waals surface area (Å²) < 4.78 is 0. The second-order valence-corrected chi connectivity index (χ2v) is 6.84. The van der Waals surface area contributed by atoms with Crippen LogP contribution in [0.4, 0.5) is 0 Å². The number of nitrogens with one attached hydrogen (secondary N) is 1. The largest absolute Gasteiger partial charge is 0.292 e. The highest BCUT2D eigenvalue weighted by molar-refractivity contribution is 7.98. The van der Waals surface area contributed by atoms with Crippen LogP contribution in [0.3, 0.4) is 0 Å². The van der Waals surface area contributed by atoms with Gasteiger partial charge in [-0.25, -0.2) is 0 Å². The van der Waals surface area contributed by atoms with Gasteiger partial charge in [-0.3, -0.25) is 10.3 Å². The summed E-state index contributed by atoms with van der Waals surface area (Å²) in [6.45, 7) is 0.962. The summed E-state index contributed by atoms with van der Waals surface area (Å²) in [6, 6.07) is 14.0. The summed E-state index contributed by atoms with van der Waals surface area (Å²) in [5.41, 5.74) is 2.18. The summed E-state index contributed by atoms with van der Waals surface area (Å²) in [4.78, 5) is 5.75. The normalized spacial score (nSPS) is 16.9. The predicted octanol–water partition coefficient (Wildman–Crippen LogP) is 5.77. The molecule has 0 bridgehead atoms. The summed E-state index contributed by atoms with van der Waals surface area (Å²) in [7, 11) is 0. The Kier molecular flexibility index (Phi) is 7.25. The summed E-state index contributed by atoms with van der Waals surface area (Å²) >= 11 is 14.2. The number of halogens is 3. The van der Waals surface area contributed by atoms with Gasteiger partial charge in [-0.05, 0) is 30.2 Å². The van der Waals surface area contributed by atoms with E-state index in [1.165, 1.54) is 10.5 Å². The first-order valence-electron chi connectivity index (χ1n) is 7.15. The average molecular weight is 388 g/mol. The van der Waals surface area contributed by atoms with Crippen LogP contribution in [0.2, 0.25) is 10.0 Å². The van der Waals surface area contributed by atoms with Gasteiger partial charge in [-0.15, -0.1) is 24.2 Å². The van der Waals surface area contributed by atoms with E-state index in [9.17, 15) is 0 Å². The van der Waals surface area contributed by atoms with Crippen LogP contribution in [0.5, 0.6) is 0 Å². The maximum atomic E-state index is 6.25. The molecule has 1 heterocycles. The fraction of sp³-hybridized carbons (Fsp3) is 0.235. The molecule has 3 rings (SSSR count). The maximum Gasteiger partial charge on any atom is 0.126 e. The van der Waals surface area contributed by atoms with E-state index < -0.39 is 0 Å². The monoisotopic (exact) mass is 386 g/mol. The van der Waals surface area contributed by atoms with E-state index in [0.29, 0.717) is 10.0 Å². The van der Waals surface area contributed by atoms with Gasteiger partial charge in [0.15, 0.2) is 0 Å². The van der Waals surface area contributed by atoms with Crippen LogP contribution in [0.1, 0.15) is 23.7 Å². The van der Waals surface area contributed by atoms with Gasteiger partial charge in [0.05, 0.1) is 0 Å². The van der Waals surface area contributed by atoms with Gasteiger partial charge in [0.1, 0.15) is 6.17 Å². The van der Waals surface area contributed by atoms with Gasteiger partial charge < -0.3 is 0 Å². The zero-order valence-corrected chi connectivity index (χ0v) is 15.5. The molecule has 1 aliphatic heterocycles. The zero-order valence-electron chi connectivity index (χ0n) is 12.3. The van der Waals surface area contributed by atoms with Crippen molar-refractivity contribution in [2.24, 2.45) is 4.99 Å². The van der Waals surface area contributed by atoms with Crippen LogP contribution in [0.15, 0.2) is 52.4 Å². The van der Waals surface area contributed by atoms with Crippen molar-refractivity contribution in [3.05, 3.63) is 63.6 Å². The van der Waals surface area contributed by atoms with Crippen molar-refractivity contribution in [1.29, 1.82) is 0 Å². The van der Waals surface area contributed by atoms with Crippen LogP contribution in [0.25, 0.3) is 0 Å². The third-order valence-electron chi connectivity index (χ3n) is 3.51. The summed E-state index contributed by atoms with van der Waals surface area (Å²) in [6.07, 6.45) is 3.02. The molecule has 2 aromatic carbocycles. The van der Waals surface area contributed by atoms with Crippen molar-refractivity contribution in [3.8, 4) is 0 Å². The molecule has 1 unspecified atom stereocenters. The number of thioether (sulfide) groups is 1. The molecule has 2 aromatic rings. The van der Waals surface area contributed by atoms with Gasteiger partial charge >= 0.3 is 0 Å². The van der Waals surface area contributed by atoms with Gasteiger partial charge in [0.25, 0.3) is 0 Å². The van der Waals surface area contributed by atoms with Crippen LogP contribution in [-0.2, 0) is 5.75 Å². The topological polar surface area (TPSA) is 24.4 Å². The molecule has 6 heteroatoms. The number of nitrogens with zero attached hydrogens (tertiary/aromatic N) is 1.